The number of benzene rings is 1. The van der Waals surface area contributed by atoms with E-state index in [1.165, 1.54) is 0 Å². The fourth-order valence-corrected chi connectivity index (χ4v) is 4.29. The van der Waals surface area contributed by atoms with Crippen molar-refractivity contribution < 1.29 is 8.42 Å². The van der Waals surface area contributed by atoms with E-state index in [-0.39, 0.29) is 11.3 Å². The smallest absolute Gasteiger partial charge is 0.183 e. The van der Waals surface area contributed by atoms with Gasteiger partial charge < -0.3 is 5.32 Å². The molecule has 1 aromatic carbocycles. The fraction of sp³-hybridized carbons (Fsp3) is 0.538. The number of sulfone groups is 1. The van der Waals surface area contributed by atoms with Crippen LogP contribution in [0.2, 0.25) is 0 Å². The Kier molecular flexibility index (Phi) is 3.04. The molecule has 94 valence electrons. The summed E-state index contributed by atoms with van der Waals surface area (Å²) in [6.45, 7) is 8.53. The van der Waals surface area contributed by atoms with E-state index in [1.807, 2.05) is 32.9 Å². The first kappa shape index (κ1) is 12.6. The average molecular weight is 253 g/mol. The number of hydrogen-bond donors (Lipinski definition) is 1. The maximum Gasteiger partial charge on any atom is 0.183 e. The minimum absolute atomic E-state index is 0.0701. The summed E-state index contributed by atoms with van der Waals surface area (Å²) in [5.41, 5.74) is 3.12. The Morgan fingerprint density at radius 2 is 1.82 bits per heavy atom. The number of nitrogens with one attached hydrogen (secondary N) is 1. The van der Waals surface area contributed by atoms with E-state index >= 15 is 0 Å². The monoisotopic (exact) mass is 253 g/mol. The Labute approximate surface area is 103 Å². The van der Waals surface area contributed by atoms with Gasteiger partial charge in [0.1, 0.15) is 0 Å². The molecule has 2 rings (SSSR count). The minimum Gasteiger partial charge on any atom is -0.309 e. The van der Waals surface area contributed by atoms with Gasteiger partial charge in [-0.05, 0) is 50.1 Å². The second-order valence-corrected chi connectivity index (χ2v) is 7.03. The van der Waals surface area contributed by atoms with Gasteiger partial charge >= 0.3 is 0 Å². The second kappa shape index (κ2) is 4.10. The highest BCUT2D eigenvalue weighted by atomic mass is 32.2. The summed E-state index contributed by atoms with van der Waals surface area (Å²) in [5, 5.41) is 2.90. The number of aryl methyl sites for hydroxylation is 2. The first-order valence-corrected chi connectivity index (χ1v) is 7.52. The normalized spacial score (nSPS) is 25.9. The van der Waals surface area contributed by atoms with Crippen molar-refractivity contribution >= 4 is 9.84 Å². The molecule has 3 nitrogen and oxygen atoms in total. The first-order chi connectivity index (χ1) is 7.89. The van der Waals surface area contributed by atoms with Crippen LogP contribution in [-0.4, -0.2) is 20.2 Å². The van der Waals surface area contributed by atoms with Gasteiger partial charge in [-0.3, -0.25) is 0 Å². The van der Waals surface area contributed by atoms with Crippen molar-refractivity contribution in [2.24, 2.45) is 0 Å². The molecule has 1 aliphatic rings. The standard InChI is InChI=1S/C13H19NO2S/c1-5-14-13-10(4)17(15,16)12-7-9(3)8(2)6-11(12)13/h6-7,10,13-14H,5H2,1-4H3. The first-order valence-electron chi connectivity index (χ1n) is 5.98. The topological polar surface area (TPSA) is 46.2 Å². The molecule has 2 atom stereocenters. The molecule has 4 heteroatoms. The molecular formula is C13H19NO2S. The molecule has 1 N–H and O–H groups in total. The fourth-order valence-electron chi connectivity index (χ4n) is 2.43. The van der Waals surface area contributed by atoms with Crippen molar-refractivity contribution in [3.8, 4) is 0 Å². The van der Waals surface area contributed by atoms with Gasteiger partial charge in [-0.1, -0.05) is 13.0 Å². The molecule has 0 fully saturated rings. The highest BCUT2D eigenvalue weighted by molar-refractivity contribution is 7.92. The Bertz CT molecular complexity index is 549. The third-order valence-electron chi connectivity index (χ3n) is 3.65. The predicted molar refractivity (Wildman–Crippen MR) is 69.0 cm³/mol. The molecule has 0 radical (unpaired) electrons. The Hall–Kier alpha value is -0.870. The summed E-state index contributed by atoms with van der Waals surface area (Å²) in [6, 6.07) is 3.76. The van der Waals surface area contributed by atoms with Crippen molar-refractivity contribution in [2.75, 3.05) is 6.54 Å². The van der Waals surface area contributed by atoms with E-state index in [0.29, 0.717) is 4.90 Å². The van der Waals surface area contributed by atoms with Gasteiger partial charge in [0.15, 0.2) is 9.84 Å². The van der Waals surface area contributed by atoms with Crippen molar-refractivity contribution in [3.63, 3.8) is 0 Å². The van der Waals surface area contributed by atoms with Crippen LogP contribution in [0.15, 0.2) is 17.0 Å². The molecule has 0 spiro atoms. The van der Waals surface area contributed by atoms with Gasteiger partial charge in [0.05, 0.1) is 16.2 Å². The summed E-state index contributed by atoms with van der Waals surface area (Å²) in [6.07, 6.45) is 0. The van der Waals surface area contributed by atoms with Gasteiger partial charge in [-0.2, -0.15) is 0 Å². The maximum atomic E-state index is 12.3. The zero-order chi connectivity index (χ0) is 12.8. The second-order valence-electron chi connectivity index (χ2n) is 4.76. The minimum atomic E-state index is -3.16. The maximum absolute atomic E-state index is 12.3. The number of hydrogen-bond acceptors (Lipinski definition) is 3. The van der Waals surface area contributed by atoms with Gasteiger partial charge in [0, 0.05) is 0 Å². The van der Waals surface area contributed by atoms with Crippen molar-refractivity contribution in [3.05, 3.63) is 28.8 Å². The molecule has 1 heterocycles. The molecule has 1 aromatic rings. The third kappa shape index (κ3) is 1.79. The highest BCUT2D eigenvalue weighted by Crippen LogP contribution is 2.40. The van der Waals surface area contributed by atoms with Crippen LogP contribution in [-0.2, 0) is 9.84 Å². The lowest BCUT2D eigenvalue weighted by Crippen LogP contribution is -2.29. The average Bonchev–Trinajstić information content (AvgIpc) is 2.43. The van der Waals surface area contributed by atoms with Crippen LogP contribution >= 0.6 is 0 Å². The Morgan fingerprint density at radius 1 is 1.24 bits per heavy atom. The lowest BCUT2D eigenvalue weighted by molar-refractivity contribution is 0.529. The molecule has 0 saturated heterocycles. The van der Waals surface area contributed by atoms with E-state index in [0.717, 1.165) is 23.2 Å². The summed E-state index contributed by atoms with van der Waals surface area (Å²) in [5.74, 6) is 0. The SMILES string of the molecule is CCNC1c2cc(C)c(C)cc2S(=O)(=O)C1C. The molecule has 17 heavy (non-hydrogen) atoms. The van der Waals surface area contributed by atoms with Gasteiger partial charge in [-0.25, -0.2) is 8.42 Å². The molecule has 0 saturated carbocycles. The molecule has 1 aliphatic heterocycles. The van der Waals surface area contributed by atoms with Crippen LogP contribution in [0.5, 0.6) is 0 Å². The van der Waals surface area contributed by atoms with E-state index in [4.69, 9.17) is 0 Å². The zero-order valence-electron chi connectivity index (χ0n) is 10.7. The molecular weight excluding hydrogens is 234 g/mol. The summed E-state index contributed by atoms with van der Waals surface area (Å²) in [7, 11) is -3.16. The summed E-state index contributed by atoms with van der Waals surface area (Å²) < 4.78 is 24.6. The van der Waals surface area contributed by atoms with Crippen LogP contribution in [0.1, 0.15) is 36.6 Å². The lowest BCUT2D eigenvalue weighted by atomic mass is 9.99. The Morgan fingerprint density at radius 3 is 2.41 bits per heavy atom. The molecule has 0 amide bonds. The van der Waals surface area contributed by atoms with Gasteiger partial charge in [-0.15, -0.1) is 0 Å². The quantitative estimate of drug-likeness (QED) is 0.878. The van der Waals surface area contributed by atoms with Crippen LogP contribution in [0.4, 0.5) is 0 Å². The van der Waals surface area contributed by atoms with Crippen LogP contribution in [0, 0.1) is 13.8 Å². The van der Waals surface area contributed by atoms with E-state index in [2.05, 4.69) is 5.32 Å². The summed E-state index contributed by atoms with van der Waals surface area (Å²) in [4.78, 5) is 0.513. The highest BCUT2D eigenvalue weighted by Gasteiger charge is 2.41. The molecule has 0 aliphatic carbocycles. The third-order valence-corrected chi connectivity index (χ3v) is 5.87. The number of fused-ring (bicyclic) bond motifs is 1. The Balaban J connectivity index is 2.66. The largest absolute Gasteiger partial charge is 0.309 e. The zero-order valence-corrected chi connectivity index (χ0v) is 11.6. The molecule has 0 aromatic heterocycles. The van der Waals surface area contributed by atoms with Crippen molar-refractivity contribution in [2.45, 2.75) is 43.9 Å². The van der Waals surface area contributed by atoms with Crippen LogP contribution in [0.3, 0.4) is 0 Å². The van der Waals surface area contributed by atoms with Crippen LogP contribution in [0.25, 0.3) is 0 Å². The van der Waals surface area contributed by atoms with Crippen molar-refractivity contribution in [1.29, 1.82) is 0 Å². The number of rotatable bonds is 2. The molecule has 2 unspecified atom stereocenters. The predicted octanol–water partition coefficient (Wildman–Crippen LogP) is 2.13. The summed E-state index contributed by atoms with van der Waals surface area (Å²) >= 11 is 0. The van der Waals surface area contributed by atoms with Crippen LogP contribution < -0.4 is 5.32 Å². The van der Waals surface area contributed by atoms with E-state index < -0.39 is 9.84 Å². The van der Waals surface area contributed by atoms with E-state index in [1.54, 1.807) is 6.92 Å². The lowest BCUT2D eigenvalue weighted by Gasteiger charge is -2.16. The molecule has 0 bridgehead atoms. The van der Waals surface area contributed by atoms with Crippen molar-refractivity contribution in [1.82, 2.24) is 5.32 Å². The van der Waals surface area contributed by atoms with Gasteiger partial charge in [0.25, 0.3) is 0 Å². The van der Waals surface area contributed by atoms with Gasteiger partial charge in [0.2, 0.25) is 0 Å². The van der Waals surface area contributed by atoms with E-state index in [9.17, 15) is 8.42 Å².